The van der Waals surface area contributed by atoms with Crippen LogP contribution in [0.2, 0.25) is 5.22 Å². The highest BCUT2D eigenvalue weighted by Crippen LogP contribution is 2.37. The number of carbonyl (C=O) groups is 1. The minimum absolute atomic E-state index is 0.0924. The lowest BCUT2D eigenvalue weighted by Crippen LogP contribution is -2.34. The Bertz CT molecular complexity index is 483. The maximum atomic E-state index is 12.3. The summed E-state index contributed by atoms with van der Waals surface area (Å²) in [5, 5.41) is 3.99. The first-order valence-corrected chi connectivity index (χ1v) is 7.08. The van der Waals surface area contributed by atoms with Crippen LogP contribution in [0.5, 0.6) is 0 Å². The highest BCUT2D eigenvalue weighted by atomic mass is 35.5. The van der Waals surface area contributed by atoms with Crippen molar-refractivity contribution in [2.75, 3.05) is 13.1 Å². The lowest BCUT2D eigenvalue weighted by molar-refractivity contribution is -0.129. The molecule has 2 aliphatic rings. The van der Waals surface area contributed by atoms with Crippen LogP contribution in [0.1, 0.15) is 24.1 Å². The molecule has 2 fully saturated rings. The molecule has 19 heavy (non-hydrogen) atoms. The molecule has 5 nitrogen and oxygen atoms in total. The minimum Gasteiger partial charge on any atom is -0.344 e. The minimum atomic E-state index is 0.0924. The van der Waals surface area contributed by atoms with Gasteiger partial charge in [0, 0.05) is 24.7 Å². The zero-order valence-corrected chi connectivity index (χ0v) is 11.7. The number of aryl methyl sites for hydroxylation is 1. The molecule has 2 N–H and O–H groups in total. The Labute approximate surface area is 117 Å². The first kappa shape index (κ1) is 12.9. The molecule has 104 valence electrons. The summed E-state index contributed by atoms with van der Waals surface area (Å²) in [5.41, 5.74) is 7.47. The van der Waals surface area contributed by atoms with Crippen molar-refractivity contribution in [2.45, 2.75) is 32.2 Å². The molecule has 0 aromatic carbocycles. The van der Waals surface area contributed by atoms with Gasteiger partial charge in [0.1, 0.15) is 0 Å². The quantitative estimate of drug-likeness (QED) is 0.890. The fourth-order valence-corrected chi connectivity index (χ4v) is 3.57. The normalized spacial score (nSPS) is 29.8. The van der Waals surface area contributed by atoms with Crippen molar-refractivity contribution in [3.63, 3.8) is 0 Å². The van der Waals surface area contributed by atoms with Crippen LogP contribution in [-0.4, -0.2) is 35.1 Å². The van der Waals surface area contributed by atoms with E-state index < -0.39 is 0 Å². The number of fused-ring (bicyclic) bond motifs is 1. The SMILES string of the molecule is Cc1noc(Cl)c1CC(=O)N1CC2CCC(N)C2C1. The Morgan fingerprint density at radius 3 is 2.95 bits per heavy atom. The first-order chi connectivity index (χ1) is 9.06. The van der Waals surface area contributed by atoms with Crippen molar-refractivity contribution >= 4 is 17.5 Å². The van der Waals surface area contributed by atoms with E-state index in [1.807, 2.05) is 4.90 Å². The number of nitrogens with two attached hydrogens (primary N) is 1. The molecule has 1 aromatic heterocycles. The molecule has 1 aliphatic heterocycles. The molecule has 1 saturated heterocycles. The second-order valence-electron chi connectivity index (χ2n) is 5.66. The van der Waals surface area contributed by atoms with E-state index in [1.54, 1.807) is 6.92 Å². The summed E-state index contributed by atoms with van der Waals surface area (Å²) in [5.74, 6) is 1.15. The highest BCUT2D eigenvalue weighted by Gasteiger charge is 2.42. The number of aromatic nitrogens is 1. The predicted molar refractivity (Wildman–Crippen MR) is 70.7 cm³/mol. The number of hydrogen-bond acceptors (Lipinski definition) is 4. The van der Waals surface area contributed by atoms with Crippen molar-refractivity contribution in [3.8, 4) is 0 Å². The fraction of sp³-hybridized carbons (Fsp3) is 0.692. The summed E-state index contributed by atoms with van der Waals surface area (Å²) in [6.45, 7) is 3.42. The molecule has 0 radical (unpaired) electrons. The summed E-state index contributed by atoms with van der Waals surface area (Å²) in [4.78, 5) is 14.2. The third-order valence-electron chi connectivity index (χ3n) is 4.53. The van der Waals surface area contributed by atoms with E-state index in [1.165, 1.54) is 0 Å². The Kier molecular flexibility index (Phi) is 3.27. The molecule has 1 aliphatic carbocycles. The Morgan fingerprint density at radius 2 is 2.32 bits per heavy atom. The van der Waals surface area contributed by atoms with E-state index in [0.717, 1.165) is 25.9 Å². The molecule has 1 saturated carbocycles. The van der Waals surface area contributed by atoms with Gasteiger partial charge < -0.3 is 15.2 Å². The average Bonchev–Trinajstić information content (AvgIpc) is 3.02. The maximum absolute atomic E-state index is 12.3. The number of halogens is 1. The zero-order chi connectivity index (χ0) is 13.6. The van der Waals surface area contributed by atoms with Gasteiger partial charge in [-0.2, -0.15) is 0 Å². The van der Waals surface area contributed by atoms with Crippen molar-refractivity contribution in [3.05, 3.63) is 16.5 Å². The van der Waals surface area contributed by atoms with Crippen LogP contribution in [0.4, 0.5) is 0 Å². The zero-order valence-electron chi connectivity index (χ0n) is 10.9. The van der Waals surface area contributed by atoms with E-state index in [-0.39, 0.29) is 23.6 Å². The van der Waals surface area contributed by atoms with Gasteiger partial charge in [0.05, 0.1) is 12.1 Å². The second kappa shape index (κ2) is 4.80. The van der Waals surface area contributed by atoms with Gasteiger partial charge in [0.25, 0.3) is 0 Å². The fourth-order valence-electron chi connectivity index (χ4n) is 3.33. The van der Waals surface area contributed by atoms with Crippen LogP contribution in [0.15, 0.2) is 4.52 Å². The van der Waals surface area contributed by atoms with Gasteiger partial charge in [0.15, 0.2) is 0 Å². The monoisotopic (exact) mass is 283 g/mol. The van der Waals surface area contributed by atoms with Gasteiger partial charge in [-0.15, -0.1) is 0 Å². The summed E-state index contributed by atoms with van der Waals surface area (Å²) < 4.78 is 4.88. The molecule has 2 heterocycles. The van der Waals surface area contributed by atoms with E-state index in [2.05, 4.69) is 5.16 Å². The summed E-state index contributed by atoms with van der Waals surface area (Å²) >= 11 is 5.89. The van der Waals surface area contributed by atoms with Crippen LogP contribution in [0.25, 0.3) is 0 Å². The average molecular weight is 284 g/mol. The van der Waals surface area contributed by atoms with Crippen LogP contribution in [0.3, 0.4) is 0 Å². The molecule has 3 atom stereocenters. The maximum Gasteiger partial charge on any atom is 0.229 e. The second-order valence-corrected chi connectivity index (χ2v) is 6.00. The van der Waals surface area contributed by atoms with E-state index in [4.69, 9.17) is 21.9 Å². The van der Waals surface area contributed by atoms with E-state index >= 15 is 0 Å². The van der Waals surface area contributed by atoms with Crippen LogP contribution in [-0.2, 0) is 11.2 Å². The molecule has 0 spiro atoms. The van der Waals surface area contributed by atoms with Crippen LogP contribution in [0, 0.1) is 18.8 Å². The Balaban J connectivity index is 1.66. The summed E-state index contributed by atoms with van der Waals surface area (Å²) in [6, 6.07) is 0.253. The lowest BCUT2D eigenvalue weighted by atomic mass is 9.98. The van der Waals surface area contributed by atoms with Crippen molar-refractivity contribution in [1.82, 2.24) is 10.1 Å². The standard InChI is InChI=1S/C13H18ClN3O2/c1-7-9(13(14)19-16-7)4-12(18)17-5-8-2-3-11(15)10(8)6-17/h8,10-11H,2-6,15H2,1H3. The Morgan fingerprint density at radius 1 is 1.53 bits per heavy atom. The molecule has 1 aromatic rings. The predicted octanol–water partition coefficient (Wildman–Crippen LogP) is 1.37. The van der Waals surface area contributed by atoms with Gasteiger partial charge in [-0.25, -0.2) is 0 Å². The molecule has 3 rings (SSSR count). The van der Waals surface area contributed by atoms with Crippen molar-refractivity contribution in [1.29, 1.82) is 0 Å². The van der Waals surface area contributed by atoms with Crippen LogP contribution < -0.4 is 5.73 Å². The third kappa shape index (κ3) is 2.25. The summed E-state index contributed by atoms with van der Waals surface area (Å²) in [6.07, 6.45) is 2.50. The largest absolute Gasteiger partial charge is 0.344 e. The molecular weight excluding hydrogens is 266 g/mol. The number of amides is 1. The first-order valence-electron chi connectivity index (χ1n) is 6.70. The van der Waals surface area contributed by atoms with Gasteiger partial charge in [0.2, 0.25) is 11.1 Å². The molecule has 1 amide bonds. The van der Waals surface area contributed by atoms with Gasteiger partial charge in [-0.3, -0.25) is 4.79 Å². The van der Waals surface area contributed by atoms with Gasteiger partial charge >= 0.3 is 0 Å². The topological polar surface area (TPSA) is 72.4 Å². The molecule has 3 unspecified atom stereocenters. The number of carbonyl (C=O) groups excluding carboxylic acids is 1. The van der Waals surface area contributed by atoms with Gasteiger partial charge in [-0.05, 0) is 43.2 Å². The highest BCUT2D eigenvalue weighted by molar-refractivity contribution is 6.29. The van der Waals surface area contributed by atoms with Crippen molar-refractivity contribution in [2.24, 2.45) is 17.6 Å². The number of nitrogens with zero attached hydrogens (tertiary/aromatic N) is 2. The number of likely N-dealkylation sites (tertiary alicyclic amines) is 1. The number of rotatable bonds is 2. The Hall–Kier alpha value is -1.07. The van der Waals surface area contributed by atoms with Crippen LogP contribution >= 0.6 is 11.6 Å². The molecular formula is C13H18ClN3O2. The smallest absolute Gasteiger partial charge is 0.229 e. The number of hydrogen-bond donors (Lipinski definition) is 1. The lowest BCUT2D eigenvalue weighted by Gasteiger charge is -2.18. The third-order valence-corrected chi connectivity index (χ3v) is 4.83. The van der Waals surface area contributed by atoms with Gasteiger partial charge in [-0.1, -0.05) is 5.16 Å². The molecule has 0 bridgehead atoms. The van der Waals surface area contributed by atoms with E-state index in [9.17, 15) is 4.79 Å². The van der Waals surface area contributed by atoms with Crippen molar-refractivity contribution < 1.29 is 9.32 Å². The molecule has 6 heteroatoms. The summed E-state index contributed by atoms with van der Waals surface area (Å²) in [7, 11) is 0. The van der Waals surface area contributed by atoms with E-state index in [0.29, 0.717) is 23.1 Å².